The van der Waals surface area contributed by atoms with Crippen molar-refractivity contribution in [3.8, 4) is 0 Å². The zero-order valence-corrected chi connectivity index (χ0v) is 13.9. The summed E-state index contributed by atoms with van der Waals surface area (Å²) in [6, 6.07) is 12.3. The number of hydrogen-bond donors (Lipinski definition) is 4. The number of hydrogen-bond acceptors (Lipinski definition) is 4. The smallest absolute Gasteiger partial charge is 0.335 e. The van der Waals surface area contributed by atoms with E-state index in [1.165, 1.54) is 24.3 Å². The lowest BCUT2D eigenvalue weighted by atomic mass is 10.2. The van der Waals surface area contributed by atoms with Gasteiger partial charge < -0.3 is 20.4 Å². The summed E-state index contributed by atoms with van der Waals surface area (Å²) in [4.78, 5) is 20.6. The van der Waals surface area contributed by atoms with Gasteiger partial charge in [0, 0.05) is 10.0 Å². The number of aromatic carboxylic acids is 2. The predicted molar refractivity (Wildman–Crippen MR) is 91.0 cm³/mol. The third kappa shape index (κ3) is 9.81. The molecule has 2 aromatic rings. The molecule has 24 heavy (non-hydrogen) atoms. The van der Waals surface area contributed by atoms with Crippen LogP contribution in [0.3, 0.4) is 0 Å². The summed E-state index contributed by atoms with van der Waals surface area (Å²) in [7, 11) is 0. The van der Waals surface area contributed by atoms with Crippen LogP contribution in [0.25, 0.3) is 0 Å². The second kappa shape index (κ2) is 12.3. The van der Waals surface area contributed by atoms with Crippen molar-refractivity contribution in [2.45, 2.75) is 0 Å². The van der Waals surface area contributed by atoms with Crippen molar-refractivity contribution >= 4 is 35.1 Å². The van der Waals surface area contributed by atoms with E-state index in [1.807, 2.05) is 0 Å². The lowest BCUT2D eigenvalue weighted by molar-refractivity contribution is 0.0686. The van der Waals surface area contributed by atoms with Gasteiger partial charge in [0.1, 0.15) is 0 Å². The van der Waals surface area contributed by atoms with E-state index < -0.39 is 11.9 Å². The maximum atomic E-state index is 10.3. The van der Waals surface area contributed by atoms with Crippen molar-refractivity contribution in [2.75, 3.05) is 13.2 Å². The Kier molecular flexibility index (Phi) is 11.2. The molecule has 8 heteroatoms. The minimum absolute atomic E-state index is 0.125. The average Bonchev–Trinajstić information content (AvgIpc) is 2.55. The van der Waals surface area contributed by atoms with E-state index in [9.17, 15) is 9.59 Å². The quantitative estimate of drug-likeness (QED) is 0.656. The fourth-order valence-corrected chi connectivity index (χ4v) is 1.62. The molecule has 6 nitrogen and oxygen atoms in total. The van der Waals surface area contributed by atoms with Crippen LogP contribution in [0.2, 0.25) is 10.0 Å². The molecule has 0 saturated heterocycles. The lowest BCUT2D eigenvalue weighted by Crippen LogP contribution is -1.94. The average molecular weight is 375 g/mol. The van der Waals surface area contributed by atoms with Crippen LogP contribution in [0.1, 0.15) is 20.7 Å². The van der Waals surface area contributed by atoms with Gasteiger partial charge in [0.05, 0.1) is 24.3 Å². The molecule has 0 amide bonds. The van der Waals surface area contributed by atoms with Gasteiger partial charge in [-0.2, -0.15) is 0 Å². The number of rotatable bonds is 3. The summed E-state index contributed by atoms with van der Waals surface area (Å²) in [6.07, 6.45) is 0. The van der Waals surface area contributed by atoms with E-state index >= 15 is 0 Å². The molecule has 0 heterocycles. The second-order valence-corrected chi connectivity index (χ2v) is 4.95. The maximum Gasteiger partial charge on any atom is 0.335 e. The van der Waals surface area contributed by atoms with E-state index in [0.717, 1.165) is 0 Å². The molecule has 0 aliphatic rings. The zero-order valence-electron chi connectivity index (χ0n) is 12.4. The molecular formula is C16H16Cl2O6. The highest BCUT2D eigenvalue weighted by atomic mass is 35.5. The molecule has 0 radical (unpaired) electrons. The molecule has 0 unspecified atom stereocenters. The molecule has 4 N–H and O–H groups in total. The standard InChI is InChI=1S/2C7H5ClO2.C2H6O2/c2*8-6-3-1-2-5(4-6)7(9)10;3-1-2-4/h2*1-4H,(H,9,10);3-4H,1-2H2. The first-order valence-corrected chi connectivity index (χ1v) is 7.26. The monoisotopic (exact) mass is 374 g/mol. The molecule has 0 aromatic heterocycles. The van der Waals surface area contributed by atoms with Gasteiger partial charge in [-0.25, -0.2) is 9.59 Å². The normalized spacial score (nSPS) is 9.00. The minimum atomic E-state index is -0.956. The number of aliphatic hydroxyl groups excluding tert-OH is 2. The van der Waals surface area contributed by atoms with Crippen molar-refractivity contribution in [3.63, 3.8) is 0 Å². The molecule has 0 aliphatic carbocycles. The van der Waals surface area contributed by atoms with Gasteiger partial charge in [-0.05, 0) is 36.4 Å². The van der Waals surface area contributed by atoms with Crippen LogP contribution in [0.15, 0.2) is 48.5 Å². The highest BCUT2D eigenvalue weighted by Gasteiger charge is 2.01. The third-order valence-corrected chi connectivity index (χ3v) is 2.71. The Morgan fingerprint density at radius 2 is 1.08 bits per heavy atom. The number of benzene rings is 2. The van der Waals surface area contributed by atoms with Crippen molar-refractivity contribution in [1.29, 1.82) is 0 Å². The van der Waals surface area contributed by atoms with Gasteiger partial charge in [-0.3, -0.25) is 0 Å². The number of carboxylic acids is 2. The van der Waals surface area contributed by atoms with Crippen LogP contribution in [0, 0.1) is 0 Å². The van der Waals surface area contributed by atoms with Crippen molar-refractivity contribution in [3.05, 3.63) is 69.7 Å². The molecule has 130 valence electrons. The summed E-state index contributed by atoms with van der Waals surface area (Å²) in [5.74, 6) is -1.91. The van der Waals surface area contributed by atoms with Crippen LogP contribution in [-0.4, -0.2) is 45.6 Å². The lowest BCUT2D eigenvalue weighted by Gasteiger charge is -1.92. The van der Waals surface area contributed by atoms with E-state index in [1.54, 1.807) is 24.3 Å². The van der Waals surface area contributed by atoms with Gasteiger partial charge in [0.25, 0.3) is 0 Å². The van der Waals surface area contributed by atoms with Gasteiger partial charge in [0.2, 0.25) is 0 Å². The molecule has 0 fully saturated rings. The molecule has 0 atom stereocenters. The topological polar surface area (TPSA) is 115 Å². The first-order valence-electron chi connectivity index (χ1n) is 6.51. The predicted octanol–water partition coefficient (Wildman–Crippen LogP) is 3.05. The van der Waals surface area contributed by atoms with Crippen LogP contribution >= 0.6 is 23.2 Å². The molecule has 0 aliphatic heterocycles. The summed E-state index contributed by atoms with van der Waals surface area (Å²) in [6.45, 7) is -0.250. The fourth-order valence-electron chi connectivity index (χ4n) is 1.24. The summed E-state index contributed by atoms with van der Waals surface area (Å²) in [5.41, 5.74) is 0.431. The van der Waals surface area contributed by atoms with E-state index in [0.29, 0.717) is 10.0 Å². The minimum Gasteiger partial charge on any atom is -0.478 e. The van der Waals surface area contributed by atoms with Gasteiger partial charge in [-0.1, -0.05) is 35.3 Å². The SMILES string of the molecule is O=C(O)c1cccc(Cl)c1.O=C(O)c1cccc(Cl)c1.OCCO. The van der Waals surface area contributed by atoms with E-state index in [-0.39, 0.29) is 24.3 Å². The Morgan fingerprint density at radius 3 is 1.25 bits per heavy atom. The van der Waals surface area contributed by atoms with E-state index in [4.69, 9.17) is 43.6 Å². The summed E-state index contributed by atoms with van der Waals surface area (Å²) >= 11 is 11.1. The fraction of sp³-hybridized carbons (Fsp3) is 0.125. The van der Waals surface area contributed by atoms with Gasteiger partial charge >= 0.3 is 11.9 Å². The Balaban J connectivity index is 0.000000363. The van der Waals surface area contributed by atoms with Crippen molar-refractivity contribution in [2.24, 2.45) is 0 Å². The molecule has 0 spiro atoms. The van der Waals surface area contributed by atoms with Crippen LogP contribution in [0.4, 0.5) is 0 Å². The van der Waals surface area contributed by atoms with Crippen molar-refractivity contribution < 1.29 is 30.0 Å². The maximum absolute atomic E-state index is 10.3. The van der Waals surface area contributed by atoms with E-state index in [2.05, 4.69) is 0 Å². The Morgan fingerprint density at radius 1 is 0.750 bits per heavy atom. The highest BCUT2D eigenvalue weighted by Crippen LogP contribution is 2.10. The van der Waals surface area contributed by atoms with Crippen LogP contribution in [0.5, 0.6) is 0 Å². The Hall–Kier alpha value is -2.12. The Bertz CT molecular complexity index is 603. The van der Waals surface area contributed by atoms with Crippen LogP contribution in [-0.2, 0) is 0 Å². The molecule has 0 saturated carbocycles. The van der Waals surface area contributed by atoms with Crippen LogP contribution < -0.4 is 0 Å². The molecule has 0 bridgehead atoms. The first kappa shape index (κ1) is 21.9. The number of carbonyl (C=O) groups is 2. The summed E-state index contributed by atoms with van der Waals surface area (Å²) < 4.78 is 0. The third-order valence-electron chi connectivity index (χ3n) is 2.24. The number of carboxylic acid groups (broad SMARTS) is 2. The largest absolute Gasteiger partial charge is 0.478 e. The van der Waals surface area contributed by atoms with Gasteiger partial charge in [-0.15, -0.1) is 0 Å². The first-order chi connectivity index (χ1) is 11.3. The molecule has 2 aromatic carbocycles. The molecular weight excluding hydrogens is 359 g/mol. The van der Waals surface area contributed by atoms with Crippen molar-refractivity contribution in [1.82, 2.24) is 0 Å². The number of aliphatic hydroxyl groups is 2. The molecule has 2 rings (SSSR count). The highest BCUT2D eigenvalue weighted by molar-refractivity contribution is 6.31. The summed E-state index contributed by atoms with van der Waals surface area (Å²) in [5, 5.41) is 33.0. The van der Waals surface area contributed by atoms with Gasteiger partial charge in [0.15, 0.2) is 0 Å². The second-order valence-electron chi connectivity index (χ2n) is 4.08. The number of halogens is 2. The zero-order chi connectivity index (χ0) is 18.5. The Labute approximate surface area is 148 Å².